The van der Waals surface area contributed by atoms with E-state index in [4.69, 9.17) is 9.47 Å². The lowest BCUT2D eigenvalue weighted by molar-refractivity contribution is -0.385. The minimum atomic E-state index is -0.606. The maximum Gasteiger partial charge on any atom is 0.411 e. The van der Waals surface area contributed by atoms with Crippen LogP contribution in [0, 0.1) is 17.0 Å². The van der Waals surface area contributed by atoms with Gasteiger partial charge in [0, 0.05) is 11.8 Å². The van der Waals surface area contributed by atoms with Crippen LogP contribution in [-0.4, -0.2) is 24.2 Å². The summed E-state index contributed by atoms with van der Waals surface area (Å²) in [7, 11) is 0. The summed E-state index contributed by atoms with van der Waals surface area (Å²) in [6.45, 7) is 1.86. The molecule has 1 N–H and O–H groups in total. The van der Waals surface area contributed by atoms with Gasteiger partial charge in [-0.25, -0.2) is 4.79 Å². The van der Waals surface area contributed by atoms with Crippen LogP contribution in [0.15, 0.2) is 48.5 Å². The number of ether oxygens (including phenoxy) is 2. The second-order valence-electron chi connectivity index (χ2n) is 4.65. The Balaban J connectivity index is 1.79. The molecule has 0 unspecified atom stereocenters. The molecular weight excluding hydrogens is 300 g/mol. The fraction of sp³-hybridized carbons (Fsp3) is 0.188. The molecule has 0 aromatic heterocycles. The topological polar surface area (TPSA) is 90.7 Å². The molecule has 0 fully saturated rings. The number of benzene rings is 2. The largest absolute Gasteiger partial charge is 0.483 e. The number of rotatable bonds is 6. The molecule has 0 heterocycles. The Bertz CT molecular complexity index is 702. The highest BCUT2D eigenvalue weighted by molar-refractivity contribution is 5.85. The SMILES string of the molecule is Cc1ccccc1NC(=O)OCCOc1ccccc1[N+](=O)[O-]. The Hall–Kier alpha value is -3.09. The van der Waals surface area contributed by atoms with E-state index in [1.54, 1.807) is 24.3 Å². The first-order chi connectivity index (χ1) is 11.1. The van der Waals surface area contributed by atoms with E-state index in [-0.39, 0.29) is 24.7 Å². The highest BCUT2D eigenvalue weighted by atomic mass is 16.6. The smallest absolute Gasteiger partial charge is 0.411 e. The normalized spacial score (nSPS) is 9.96. The minimum Gasteiger partial charge on any atom is -0.483 e. The molecule has 0 aliphatic heterocycles. The lowest BCUT2D eigenvalue weighted by Crippen LogP contribution is -2.18. The molecule has 0 bridgehead atoms. The van der Waals surface area contributed by atoms with Gasteiger partial charge in [0.05, 0.1) is 4.92 Å². The number of para-hydroxylation sites is 3. The highest BCUT2D eigenvalue weighted by Crippen LogP contribution is 2.25. The zero-order valence-electron chi connectivity index (χ0n) is 12.5. The van der Waals surface area contributed by atoms with Crippen molar-refractivity contribution >= 4 is 17.5 Å². The number of nitro benzene ring substituents is 1. The molecule has 7 nitrogen and oxygen atoms in total. The average Bonchev–Trinajstić information content (AvgIpc) is 2.54. The van der Waals surface area contributed by atoms with E-state index in [1.807, 2.05) is 19.1 Å². The number of amides is 1. The van der Waals surface area contributed by atoms with Crippen molar-refractivity contribution in [2.24, 2.45) is 0 Å². The average molecular weight is 316 g/mol. The number of carbonyl (C=O) groups is 1. The monoisotopic (exact) mass is 316 g/mol. The van der Waals surface area contributed by atoms with Crippen molar-refractivity contribution in [1.29, 1.82) is 0 Å². The van der Waals surface area contributed by atoms with Gasteiger partial charge >= 0.3 is 11.8 Å². The van der Waals surface area contributed by atoms with Gasteiger partial charge < -0.3 is 9.47 Å². The third-order valence-electron chi connectivity index (χ3n) is 3.02. The van der Waals surface area contributed by atoms with Crippen molar-refractivity contribution in [2.75, 3.05) is 18.5 Å². The number of nitrogens with zero attached hydrogens (tertiary/aromatic N) is 1. The Morgan fingerprint density at radius 1 is 1.13 bits per heavy atom. The van der Waals surface area contributed by atoms with Gasteiger partial charge in [0.15, 0.2) is 5.75 Å². The summed E-state index contributed by atoms with van der Waals surface area (Å²) in [4.78, 5) is 22.0. The Morgan fingerprint density at radius 2 is 1.83 bits per heavy atom. The summed E-state index contributed by atoms with van der Waals surface area (Å²) >= 11 is 0. The molecular formula is C16H16N2O5. The van der Waals surface area contributed by atoms with Gasteiger partial charge in [-0.05, 0) is 24.6 Å². The zero-order valence-corrected chi connectivity index (χ0v) is 12.5. The number of anilines is 1. The number of nitrogens with one attached hydrogen (secondary N) is 1. The highest BCUT2D eigenvalue weighted by Gasteiger charge is 2.13. The molecule has 0 radical (unpaired) electrons. The summed E-state index contributed by atoms with van der Waals surface area (Å²) < 4.78 is 10.3. The Kier molecular flexibility index (Phi) is 5.51. The van der Waals surface area contributed by atoms with Gasteiger partial charge in [-0.3, -0.25) is 15.4 Å². The van der Waals surface area contributed by atoms with Crippen molar-refractivity contribution in [3.8, 4) is 5.75 Å². The van der Waals surface area contributed by atoms with Crippen LogP contribution >= 0.6 is 0 Å². The van der Waals surface area contributed by atoms with Crippen molar-refractivity contribution in [2.45, 2.75) is 6.92 Å². The van der Waals surface area contributed by atoms with E-state index in [0.29, 0.717) is 5.69 Å². The standard InChI is InChI=1S/C16H16N2O5/c1-12-6-2-3-7-13(12)17-16(19)23-11-10-22-15-9-5-4-8-14(15)18(20)21/h2-9H,10-11H2,1H3,(H,17,19). The Morgan fingerprint density at radius 3 is 2.57 bits per heavy atom. The predicted octanol–water partition coefficient (Wildman–Crippen LogP) is 3.53. The molecule has 2 aromatic carbocycles. The first-order valence-corrected chi connectivity index (χ1v) is 6.93. The third-order valence-corrected chi connectivity index (χ3v) is 3.02. The van der Waals surface area contributed by atoms with Crippen molar-refractivity contribution < 1.29 is 19.2 Å². The summed E-state index contributed by atoms with van der Waals surface area (Å²) in [6, 6.07) is 13.3. The van der Waals surface area contributed by atoms with E-state index in [9.17, 15) is 14.9 Å². The van der Waals surface area contributed by atoms with Crippen LogP contribution in [0.2, 0.25) is 0 Å². The molecule has 0 aliphatic carbocycles. The van der Waals surface area contributed by atoms with Gasteiger partial charge in [0.25, 0.3) is 0 Å². The van der Waals surface area contributed by atoms with Crippen molar-refractivity contribution in [3.05, 3.63) is 64.2 Å². The maximum absolute atomic E-state index is 11.7. The molecule has 2 rings (SSSR count). The molecule has 0 spiro atoms. The van der Waals surface area contributed by atoms with Crippen LogP contribution in [0.4, 0.5) is 16.2 Å². The quantitative estimate of drug-likeness (QED) is 0.500. The first-order valence-electron chi connectivity index (χ1n) is 6.93. The van der Waals surface area contributed by atoms with Crippen molar-refractivity contribution in [1.82, 2.24) is 0 Å². The summed E-state index contributed by atoms with van der Waals surface area (Å²) in [5, 5.41) is 13.4. The number of hydrogen-bond donors (Lipinski definition) is 1. The van der Waals surface area contributed by atoms with Gasteiger partial charge in [0.1, 0.15) is 13.2 Å². The van der Waals surface area contributed by atoms with E-state index in [1.165, 1.54) is 12.1 Å². The van der Waals surface area contributed by atoms with Gasteiger partial charge in [-0.1, -0.05) is 30.3 Å². The van der Waals surface area contributed by atoms with Crippen molar-refractivity contribution in [3.63, 3.8) is 0 Å². The van der Waals surface area contributed by atoms with E-state index < -0.39 is 11.0 Å². The number of nitro groups is 1. The summed E-state index contributed by atoms with van der Waals surface area (Å²) in [6.07, 6.45) is -0.606. The fourth-order valence-electron chi connectivity index (χ4n) is 1.88. The fourth-order valence-corrected chi connectivity index (χ4v) is 1.88. The zero-order chi connectivity index (χ0) is 16.7. The van der Waals surface area contributed by atoms with Gasteiger partial charge in [0.2, 0.25) is 0 Å². The van der Waals surface area contributed by atoms with E-state index >= 15 is 0 Å². The van der Waals surface area contributed by atoms with Crippen LogP contribution in [0.1, 0.15) is 5.56 Å². The molecule has 1 amide bonds. The number of hydrogen-bond acceptors (Lipinski definition) is 5. The maximum atomic E-state index is 11.7. The molecule has 0 saturated heterocycles. The van der Waals surface area contributed by atoms with E-state index in [0.717, 1.165) is 5.56 Å². The molecule has 120 valence electrons. The minimum absolute atomic E-state index is 0.0199. The first kappa shape index (κ1) is 16.3. The van der Waals surface area contributed by atoms with Crippen LogP contribution in [0.3, 0.4) is 0 Å². The number of carbonyl (C=O) groups excluding carboxylic acids is 1. The summed E-state index contributed by atoms with van der Waals surface area (Å²) in [5.74, 6) is 0.139. The lowest BCUT2D eigenvalue weighted by atomic mass is 10.2. The molecule has 2 aromatic rings. The van der Waals surface area contributed by atoms with Crippen LogP contribution in [0.25, 0.3) is 0 Å². The molecule has 0 aliphatic rings. The van der Waals surface area contributed by atoms with Gasteiger partial charge in [-0.15, -0.1) is 0 Å². The van der Waals surface area contributed by atoms with Crippen LogP contribution < -0.4 is 10.1 Å². The lowest BCUT2D eigenvalue weighted by Gasteiger charge is -2.10. The Labute approximate surface area is 133 Å². The van der Waals surface area contributed by atoms with Crippen LogP contribution in [0.5, 0.6) is 5.75 Å². The molecule has 7 heteroatoms. The second kappa shape index (κ2) is 7.79. The number of aryl methyl sites for hydroxylation is 1. The second-order valence-corrected chi connectivity index (χ2v) is 4.65. The van der Waals surface area contributed by atoms with Crippen LogP contribution in [-0.2, 0) is 4.74 Å². The third kappa shape index (κ3) is 4.70. The molecule has 23 heavy (non-hydrogen) atoms. The molecule has 0 saturated carbocycles. The summed E-state index contributed by atoms with van der Waals surface area (Å²) in [5.41, 5.74) is 1.45. The molecule has 0 atom stereocenters. The predicted molar refractivity (Wildman–Crippen MR) is 84.7 cm³/mol. The van der Waals surface area contributed by atoms with E-state index in [2.05, 4.69) is 5.32 Å². The van der Waals surface area contributed by atoms with Gasteiger partial charge in [-0.2, -0.15) is 0 Å².